The third kappa shape index (κ3) is 5.49. The van der Waals surface area contributed by atoms with Crippen LogP contribution in [0.4, 0.5) is 4.39 Å². The summed E-state index contributed by atoms with van der Waals surface area (Å²) in [5.41, 5.74) is 4.24. The summed E-state index contributed by atoms with van der Waals surface area (Å²) in [6.07, 6.45) is -0.715. The van der Waals surface area contributed by atoms with Crippen LogP contribution in [-0.4, -0.2) is 34.4 Å². The molecule has 0 bridgehead atoms. The monoisotopic (exact) mass is 526 g/mol. The predicted molar refractivity (Wildman–Crippen MR) is 143 cm³/mol. The third-order valence-corrected chi connectivity index (χ3v) is 8.49. The molecule has 196 valence electrons. The summed E-state index contributed by atoms with van der Waals surface area (Å²) in [6, 6.07) is 15.7. The summed E-state index contributed by atoms with van der Waals surface area (Å²) < 4.78 is 37.9. The van der Waals surface area contributed by atoms with Crippen LogP contribution in [0.1, 0.15) is 58.2 Å². The molecule has 3 unspecified atom stereocenters. The third-order valence-electron chi connectivity index (χ3n) is 6.63. The summed E-state index contributed by atoms with van der Waals surface area (Å²) in [5, 5.41) is 8.80. The van der Waals surface area contributed by atoms with Gasteiger partial charge in [0, 0.05) is 17.5 Å². The zero-order valence-corrected chi connectivity index (χ0v) is 23.0. The van der Waals surface area contributed by atoms with Crippen molar-refractivity contribution in [2.75, 3.05) is 7.11 Å². The van der Waals surface area contributed by atoms with Crippen molar-refractivity contribution in [1.29, 1.82) is 0 Å². The quantitative estimate of drug-likeness (QED) is 0.225. The molecule has 1 heterocycles. The van der Waals surface area contributed by atoms with Gasteiger partial charge in [0.25, 0.3) is 0 Å². The first kappa shape index (κ1) is 28.6. The lowest BCUT2D eigenvalue weighted by molar-refractivity contribution is -0.140. The number of benzene rings is 2. The van der Waals surface area contributed by atoms with Gasteiger partial charge in [-0.3, -0.25) is 0 Å². The molecule has 0 fully saturated rings. The van der Waals surface area contributed by atoms with E-state index in [2.05, 4.69) is 0 Å². The van der Waals surface area contributed by atoms with Gasteiger partial charge >= 0.3 is 19.2 Å². The average molecular weight is 527 g/mol. The molecule has 3 rings (SSSR count). The zero-order chi connectivity index (χ0) is 27.3. The number of carbonyl (C=O) groups is 1. The van der Waals surface area contributed by atoms with Gasteiger partial charge in [-0.05, 0) is 47.1 Å². The standard InChI is InChI=1S/C29H34FNO5P/c1-7-23-24(20-14-16-22(30)17-15-20)27(36-28(33)29(8-2,19(5)32)37(34)35-6)25(18(3)4)31-26(23)21-12-10-9-11-13-21/h9-19,32H,7-8H2,1-6H3/q+1. The van der Waals surface area contributed by atoms with Crippen molar-refractivity contribution >= 4 is 14.0 Å². The Kier molecular flexibility index (Phi) is 9.30. The Labute approximate surface area is 218 Å². The van der Waals surface area contributed by atoms with E-state index < -0.39 is 31.1 Å². The van der Waals surface area contributed by atoms with Crippen molar-refractivity contribution < 1.29 is 28.1 Å². The van der Waals surface area contributed by atoms with E-state index in [0.717, 1.165) is 16.8 Å². The Bertz CT molecular complexity index is 1260. The van der Waals surface area contributed by atoms with Crippen LogP contribution in [0, 0.1) is 5.82 Å². The van der Waals surface area contributed by atoms with Crippen LogP contribution in [0.3, 0.4) is 0 Å². The first-order chi connectivity index (χ1) is 17.6. The van der Waals surface area contributed by atoms with Gasteiger partial charge in [0.2, 0.25) is 0 Å². The zero-order valence-electron chi connectivity index (χ0n) is 22.1. The summed E-state index contributed by atoms with van der Waals surface area (Å²) in [5.74, 6) is -1.21. The van der Waals surface area contributed by atoms with Crippen molar-refractivity contribution in [2.45, 2.75) is 64.6 Å². The number of rotatable bonds is 10. The fourth-order valence-electron chi connectivity index (χ4n) is 4.53. The highest BCUT2D eigenvalue weighted by Crippen LogP contribution is 2.48. The Balaban J connectivity index is 2.38. The fourth-order valence-corrected chi connectivity index (χ4v) is 5.61. The smallest absolute Gasteiger partial charge is 0.420 e. The van der Waals surface area contributed by atoms with E-state index in [1.54, 1.807) is 19.1 Å². The Morgan fingerprint density at radius 1 is 1.05 bits per heavy atom. The second-order valence-corrected chi connectivity index (χ2v) is 10.9. The first-order valence-electron chi connectivity index (χ1n) is 12.4. The lowest BCUT2D eigenvalue weighted by Crippen LogP contribution is -2.47. The number of aliphatic hydroxyl groups excluding tert-OH is 1. The van der Waals surface area contributed by atoms with Gasteiger partial charge in [-0.15, -0.1) is 4.52 Å². The van der Waals surface area contributed by atoms with E-state index in [9.17, 15) is 18.9 Å². The van der Waals surface area contributed by atoms with Gasteiger partial charge in [0.15, 0.2) is 5.75 Å². The topological polar surface area (TPSA) is 85.7 Å². The number of aliphatic hydroxyl groups is 1. The highest BCUT2D eigenvalue weighted by molar-refractivity contribution is 7.42. The molecule has 0 saturated carbocycles. The molecule has 0 radical (unpaired) electrons. The molecule has 1 N–H and O–H groups in total. The number of nitrogens with zero attached hydrogens (tertiary/aromatic N) is 1. The van der Waals surface area contributed by atoms with Crippen LogP contribution in [0.15, 0.2) is 54.6 Å². The normalized spacial score (nSPS) is 14.2. The molecule has 0 aliphatic rings. The van der Waals surface area contributed by atoms with E-state index in [1.165, 1.54) is 26.2 Å². The molecule has 0 amide bonds. The van der Waals surface area contributed by atoms with Crippen molar-refractivity contribution in [3.8, 4) is 28.1 Å². The molecular formula is C29H34FNO5P+. The Morgan fingerprint density at radius 3 is 2.16 bits per heavy atom. The van der Waals surface area contributed by atoms with E-state index in [1.807, 2.05) is 51.1 Å². The average Bonchev–Trinajstić information content (AvgIpc) is 2.89. The molecular weight excluding hydrogens is 492 g/mol. The van der Waals surface area contributed by atoms with Crippen LogP contribution in [0.25, 0.3) is 22.4 Å². The number of aromatic nitrogens is 1. The number of hydrogen-bond donors (Lipinski definition) is 1. The molecule has 0 spiro atoms. The van der Waals surface area contributed by atoms with E-state index >= 15 is 0 Å². The summed E-state index contributed by atoms with van der Waals surface area (Å²) in [4.78, 5) is 18.7. The van der Waals surface area contributed by atoms with Gasteiger partial charge in [0.1, 0.15) is 11.9 Å². The van der Waals surface area contributed by atoms with Gasteiger partial charge in [-0.25, -0.2) is 14.2 Å². The molecule has 8 heteroatoms. The van der Waals surface area contributed by atoms with Gasteiger partial charge in [-0.1, -0.05) is 70.2 Å². The largest absolute Gasteiger partial charge is 0.529 e. The molecule has 37 heavy (non-hydrogen) atoms. The maximum atomic E-state index is 13.9. The SMILES string of the molecule is CCc1c(-c2ccccc2)nc(C(C)C)c(OC(=O)C(CC)(C(C)O)[P+](=O)OC)c1-c1ccc(F)cc1. The summed E-state index contributed by atoms with van der Waals surface area (Å²) in [7, 11) is -1.36. The van der Waals surface area contributed by atoms with Gasteiger partial charge < -0.3 is 9.84 Å². The van der Waals surface area contributed by atoms with Crippen molar-refractivity contribution in [3.05, 3.63) is 71.7 Å². The van der Waals surface area contributed by atoms with Crippen LogP contribution in [-0.2, 0) is 20.3 Å². The molecule has 0 aliphatic heterocycles. The fraction of sp³-hybridized carbons (Fsp3) is 0.379. The minimum Gasteiger partial charge on any atom is -0.420 e. The molecule has 3 aromatic rings. The van der Waals surface area contributed by atoms with Crippen LogP contribution >= 0.6 is 8.03 Å². The number of halogens is 1. The van der Waals surface area contributed by atoms with Gasteiger partial charge in [0.05, 0.1) is 18.5 Å². The lowest BCUT2D eigenvalue weighted by atomic mass is 9.90. The van der Waals surface area contributed by atoms with E-state index in [-0.39, 0.29) is 18.1 Å². The summed E-state index contributed by atoms with van der Waals surface area (Å²) in [6.45, 7) is 8.90. The molecule has 2 aromatic carbocycles. The maximum absolute atomic E-state index is 13.9. The van der Waals surface area contributed by atoms with E-state index in [0.29, 0.717) is 23.2 Å². The second-order valence-electron chi connectivity index (χ2n) is 9.19. The second kappa shape index (κ2) is 12.0. The molecule has 1 aromatic heterocycles. The van der Waals surface area contributed by atoms with Crippen molar-refractivity contribution in [1.82, 2.24) is 4.98 Å². The maximum Gasteiger partial charge on any atom is 0.529 e. The summed E-state index contributed by atoms with van der Waals surface area (Å²) >= 11 is 0. The van der Waals surface area contributed by atoms with Gasteiger partial charge in [-0.2, -0.15) is 0 Å². The minimum absolute atomic E-state index is 0.0333. The lowest BCUT2D eigenvalue weighted by Gasteiger charge is -2.26. The van der Waals surface area contributed by atoms with E-state index in [4.69, 9.17) is 14.2 Å². The number of carbonyl (C=O) groups excluding carboxylic acids is 1. The Morgan fingerprint density at radius 2 is 1.68 bits per heavy atom. The van der Waals surface area contributed by atoms with Crippen molar-refractivity contribution in [2.24, 2.45) is 0 Å². The predicted octanol–water partition coefficient (Wildman–Crippen LogP) is 7.06. The number of esters is 1. The van der Waals surface area contributed by atoms with Crippen LogP contribution in [0.2, 0.25) is 0 Å². The molecule has 3 atom stereocenters. The number of ether oxygens (including phenoxy) is 1. The van der Waals surface area contributed by atoms with Crippen LogP contribution in [0.5, 0.6) is 5.75 Å². The minimum atomic E-state index is -2.59. The molecule has 0 saturated heterocycles. The highest BCUT2D eigenvalue weighted by atomic mass is 31.1. The molecule has 0 aliphatic carbocycles. The molecule has 6 nitrogen and oxygen atoms in total. The number of hydrogen-bond acceptors (Lipinski definition) is 6. The highest BCUT2D eigenvalue weighted by Gasteiger charge is 2.62. The van der Waals surface area contributed by atoms with Crippen LogP contribution < -0.4 is 4.74 Å². The van der Waals surface area contributed by atoms with Crippen molar-refractivity contribution in [3.63, 3.8) is 0 Å². The number of pyridine rings is 1. The first-order valence-corrected chi connectivity index (χ1v) is 13.6. The Hall–Kier alpha value is -2.99.